The van der Waals surface area contributed by atoms with E-state index in [0.29, 0.717) is 24.6 Å². The summed E-state index contributed by atoms with van der Waals surface area (Å²) in [6.45, 7) is 0.639. The zero-order chi connectivity index (χ0) is 17.2. The van der Waals surface area contributed by atoms with Crippen LogP contribution in [0.5, 0.6) is 0 Å². The fourth-order valence-electron chi connectivity index (χ4n) is 2.23. The fourth-order valence-corrected chi connectivity index (χ4v) is 3.27. The lowest BCUT2D eigenvalue weighted by atomic mass is 10.1. The molecule has 3 N–H and O–H groups in total. The summed E-state index contributed by atoms with van der Waals surface area (Å²) in [6, 6.07) is 16.7. The summed E-state index contributed by atoms with van der Waals surface area (Å²) in [5.41, 5.74) is 2.70. The van der Waals surface area contributed by atoms with Gasteiger partial charge in [-0.3, -0.25) is 4.21 Å². The molecule has 0 radical (unpaired) electrons. The topological polar surface area (TPSA) is 78.4 Å². The van der Waals surface area contributed by atoms with Crippen LogP contribution < -0.4 is 10.6 Å². The Morgan fingerprint density at radius 1 is 0.958 bits per heavy atom. The molecule has 2 amide bonds. The maximum Gasteiger partial charge on any atom is 0.315 e. The van der Waals surface area contributed by atoms with Gasteiger partial charge < -0.3 is 15.7 Å². The van der Waals surface area contributed by atoms with Crippen molar-refractivity contribution < 1.29 is 14.1 Å². The van der Waals surface area contributed by atoms with E-state index < -0.39 is 10.8 Å². The molecule has 1 unspecified atom stereocenters. The minimum Gasteiger partial charge on any atom is -0.392 e. The zero-order valence-corrected chi connectivity index (χ0v) is 14.2. The van der Waals surface area contributed by atoms with Gasteiger partial charge in [-0.1, -0.05) is 54.6 Å². The second-order valence-corrected chi connectivity index (χ2v) is 6.89. The molecule has 5 nitrogen and oxygen atoms in total. The summed E-state index contributed by atoms with van der Waals surface area (Å²) in [7, 11) is -1.01. The third-order valence-corrected chi connectivity index (χ3v) is 4.83. The standard InChI is InChI=1S/C18H22N2O3S/c21-13-17-9-5-4-8-16(17)12-20-18(22)19-10-11-24(23)14-15-6-2-1-3-7-15/h1-9,21H,10-14H2,(H2,19,20,22). The van der Waals surface area contributed by atoms with E-state index in [9.17, 15) is 14.1 Å². The van der Waals surface area contributed by atoms with Crippen molar-refractivity contribution in [2.45, 2.75) is 18.9 Å². The van der Waals surface area contributed by atoms with E-state index in [1.165, 1.54) is 0 Å². The molecule has 0 heterocycles. The lowest BCUT2D eigenvalue weighted by molar-refractivity contribution is 0.240. The van der Waals surface area contributed by atoms with E-state index in [1.807, 2.05) is 54.6 Å². The van der Waals surface area contributed by atoms with Crippen LogP contribution in [0.1, 0.15) is 16.7 Å². The van der Waals surface area contributed by atoms with E-state index in [0.717, 1.165) is 16.7 Å². The normalized spacial score (nSPS) is 11.7. The number of carbonyl (C=O) groups is 1. The molecule has 0 fully saturated rings. The Hall–Kier alpha value is -2.18. The lowest BCUT2D eigenvalue weighted by Gasteiger charge is -2.10. The number of amides is 2. The highest BCUT2D eigenvalue weighted by Gasteiger charge is 2.05. The van der Waals surface area contributed by atoms with Gasteiger partial charge in [0.1, 0.15) is 0 Å². The molecule has 0 aliphatic carbocycles. The third-order valence-electron chi connectivity index (χ3n) is 3.51. The first-order chi connectivity index (χ1) is 11.7. The SMILES string of the molecule is O=C(NCCS(=O)Cc1ccccc1)NCc1ccccc1CO. The van der Waals surface area contributed by atoms with Crippen molar-refractivity contribution in [2.24, 2.45) is 0 Å². The summed E-state index contributed by atoms with van der Waals surface area (Å²) in [6.07, 6.45) is 0. The van der Waals surface area contributed by atoms with Gasteiger partial charge in [-0.2, -0.15) is 0 Å². The predicted molar refractivity (Wildman–Crippen MR) is 95.8 cm³/mol. The molecule has 2 aromatic rings. The van der Waals surface area contributed by atoms with Gasteiger partial charge in [0, 0.05) is 35.4 Å². The summed E-state index contributed by atoms with van der Waals surface area (Å²) < 4.78 is 12.0. The van der Waals surface area contributed by atoms with Crippen LogP contribution in [0.25, 0.3) is 0 Å². The molecule has 0 aliphatic rings. The Balaban J connectivity index is 1.67. The van der Waals surface area contributed by atoms with Crippen molar-refractivity contribution in [1.29, 1.82) is 0 Å². The third kappa shape index (κ3) is 6.14. The van der Waals surface area contributed by atoms with Gasteiger partial charge in [-0.25, -0.2) is 4.79 Å². The van der Waals surface area contributed by atoms with Gasteiger partial charge >= 0.3 is 6.03 Å². The molecule has 0 spiro atoms. The van der Waals surface area contributed by atoms with Crippen LogP contribution in [0.15, 0.2) is 54.6 Å². The fraction of sp³-hybridized carbons (Fsp3) is 0.278. The predicted octanol–water partition coefficient (Wildman–Crippen LogP) is 1.93. The molecule has 2 rings (SSSR count). The van der Waals surface area contributed by atoms with Crippen molar-refractivity contribution in [3.8, 4) is 0 Å². The van der Waals surface area contributed by atoms with E-state index in [4.69, 9.17) is 0 Å². The van der Waals surface area contributed by atoms with Crippen molar-refractivity contribution >= 4 is 16.8 Å². The smallest absolute Gasteiger partial charge is 0.315 e. The first-order valence-electron chi connectivity index (χ1n) is 7.77. The van der Waals surface area contributed by atoms with E-state index in [1.54, 1.807) is 0 Å². The van der Waals surface area contributed by atoms with E-state index in [-0.39, 0.29) is 12.6 Å². The van der Waals surface area contributed by atoms with Gasteiger partial charge in [0.15, 0.2) is 0 Å². The van der Waals surface area contributed by atoms with Crippen LogP contribution in [-0.4, -0.2) is 27.6 Å². The second-order valence-electron chi connectivity index (χ2n) is 5.31. The maximum absolute atomic E-state index is 12.0. The van der Waals surface area contributed by atoms with Crippen LogP contribution in [0.3, 0.4) is 0 Å². The maximum atomic E-state index is 12.0. The Kier molecular flexibility index (Phi) is 7.45. The second kappa shape index (κ2) is 9.85. The van der Waals surface area contributed by atoms with Gasteiger partial charge in [-0.05, 0) is 16.7 Å². The minimum atomic E-state index is -1.01. The molecular weight excluding hydrogens is 324 g/mol. The average Bonchev–Trinajstić information content (AvgIpc) is 2.61. The quantitative estimate of drug-likeness (QED) is 0.683. The van der Waals surface area contributed by atoms with Gasteiger partial charge in [0.05, 0.1) is 6.61 Å². The number of hydrogen-bond acceptors (Lipinski definition) is 3. The molecule has 2 aromatic carbocycles. The van der Waals surface area contributed by atoms with E-state index in [2.05, 4.69) is 10.6 Å². The summed E-state index contributed by atoms with van der Waals surface area (Å²) in [4.78, 5) is 11.8. The number of carbonyl (C=O) groups excluding carboxylic acids is 1. The first kappa shape index (κ1) is 18.2. The summed E-state index contributed by atoms with van der Waals surface area (Å²) >= 11 is 0. The molecule has 0 aromatic heterocycles. The minimum absolute atomic E-state index is 0.0576. The lowest BCUT2D eigenvalue weighted by Crippen LogP contribution is -2.37. The molecule has 0 saturated carbocycles. The van der Waals surface area contributed by atoms with Crippen LogP contribution in [0.4, 0.5) is 4.79 Å². The van der Waals surface area contributed by atoms with Crippen molar-refractivity contribution in [3.05, 3.63) is 71.3 Å². The summed E-state index contributed by atoms with van der Waals surface area (Å²) in [5.74, 6) is 0.906. The largest absolute Gasteiger partial charge is 0.392 e. The van der Waals surface area contributed by atoms with Gasteiger partial charge in [0.2, 0.25) is 0 Å². The molecule has 1 atom stereocenters. The molecule has 24 heavy (non-hydrogen) atoms. The number of nitrogens with one attached hydrogen (secondary N) is 2. The highest BCUT2D eigenvalue weighted by Crippen LogP contribution is 2.07. The van der Waals surface area contributed by atoms with Gasteiger partial charge in [-0.15, -0.1) is 0 Å². The number of aliphatic hydroxyl groups is 1. The van der Waals surface area contributed by atoms with E-state index >= 15 is 0 Å². The number of urea groups is 1. The molecule has 0 saturated heterocycles. The summed E-state index contributed by atoms with van der Waals surface area (Å²) in [5, 5.41) is 14.7. The zero-order valence-electron chi connectivity index (χ0n) is 13.4. The average molecular weight is 346 g/mol. The van der Waals surface area contributed by atoms with Crippen LogP contribution in [0.2, 0.25) is 0 Å². The number of rotatable bonds is 8. The van der Waals surface area contributed by atoms with Crippen LogP contribution >= 0.6 is 0 Å². The molecule has 0 bridgehead atoms. The van der Waals surface area contributed by atoms with Crippen molar-refractivity contribution in [1.82, 2.24) is 10.6 Å². The Labute approximate surface area is 144 Å². The number of benzene rings is 2. The Morgan fingerprint density at radius 3 is 2.33 bits per heavy atom. The number of hydrogen-bond donors (Lipinski definition) is 3. The van der Waals surface area contributed by atoms with Crippen molar-refractivity contribution in [3.63, 3.8) is 0 Å². The van der Waals surface area contributed by atoms with Gasteiger partial charge in [0.25, 0.3) is 0 Å². The van der Waals surface area contributed by atoms with Crippen LogP contribution in [-0.2, 0) is 29.7 Å². The first-order valence-corrected chi connectivity index (χ1v) is 9.26. The Bertz CT molecular complexity index is 677. The molecule has 6 heteroatoms. The monoisotopic (exact) mass is 346 g/mol. The van der Waals surface area contributed by atoms with Crippen LogP contribution in [0, 0.1) is 0 Å². The molecular formula is C18H22N2O3S. The number of aliphatic hydroxyl groups excluding tert-OH is 1. The molecule has 128 valence electrons. The molecule has 0 aliphatic heterocycles. The Morgan fingerprint density at radius 2 is 1.62 bits per heavy atom. The highest BCUT2D eigenvalue weighted by atomic mass is 32.2. The van der Waals surface area contributed by atoms with Crippen molar-refractivity contribution in [2.75, 3.05) is 12.3 Å². The highest BCUT2D eigenvalue weighted by molar-refractivity contribution is 7.84.